The Bertz CT molecular complexity index is 117. The normalized spacial score (nSPS) is 30.9. The van der Waals surface area contributed by atoms with Crippen molar-refractivity contribution in [2.75, 3.05) is 26.2 Å². The average molecular weight is 142 g/mol. The molecule has 2 aliphatic rings. The molecule has 2 saturated heterocycles. The van der Waals surface area contributed by atoms with Crippen LogP contribution in [0.25, 0.3) is 0 Å². The highest BCUT2D eigenvalue weighted by Gasteiger charge is 2.30. The molecule has 2 fully saturated rings. The number of aliphatic hydroxyl groups excluding tert-OH is 1. The Morgan fingerprint density at radius 3 is 2.10 bits per heavy atom. The summed E-state index contributed by atoms with van der Waals surface area (Å²) in [5.74, 6) is 0. The predicted octanol–water partition coefficient (Wildman–Crippen LogP) is -0.326. The number of hydrogen-bond donors (Lipinski definition) is 1. The van der Waals surface area contributed by atoms with Crippen molar-refractivity contribution >= 4 is 0 Å². The third kappa shape index (κ3) is 1.05. The van der Waals surface area contributed by atoms with Gasteiger partial charge in [0.1, 0.15) is 0 Å². The van der Waals surface area contributed by atoms with Gasteiger partial charge < -0.3 is 5.11 Å². The Balaban J connectivity index is 1.78. The first kappa shape index (κ1) is 6.58. The summed E-state index contributed by atoms with van der Waals surface area (Å²) in [5, 5.41) is 13.6. The van der Waals surface area contributed by atoms with Crippen LogP contribution in [0.5, 0.6) is 0 Å². The number of rotatable bonds is 1. The molecule has 0 atom stereocenters. The van der Waals surface area contributed by atoms with E-state index in [2.05, 4.69) is 10.0 Å². The minimum atomic E-state index is -0.0550. The third-order valence-electron chi connectivity index (χ3n) is 2.33. The van der Waals surface area contributed by atoms with Crippen molar-refractivity contribution in [2.24, 2.45) is 0 Å². The summed E-state index contributed by atoms with van der Waals surface area (Å²) in [4.78, 5) is 0. The van der Waals surface area contributed by atoms with E-state index in [0.29, 0.717) is 0 Å². The number of aliphatic hydroxyl groups is 1. The van der Waals surface area contributed by atoms with Crippen molar-refractivity contribution in [1.29, 1.82) is 0 Å². The van der Waals surface area contributed by atoms with E-state index in [-0.39, 0.29) is 6.10 Å². The van der Waals surface area contributed by atoms with Crippen LogP contribution in [-0.4, -0.2) is 47.4 Å². The van der Waals surface area contributed by atoms with E-state index in [0.717, 1.165) is 13.1 Å². The summed E-state index contributed by atoms with van der Waals surface area (Å²) in [6.07, 6.45) is 2.60. The first-order valence-corrected chi connectivity index (χ1v) is 4.04. The van der Waals surface area contributed by atoms with Crippen molar-refractivity contribution in [3.63, 3.8) is 0 Å². The second-order valence-electron chi connectivity index (χ2n) is 3.19. The maximum absolute atomic E-state index is 9.01. The first-order chi connectivity index (χ1) is 4.86. The van der Waals surface area contributed by atoms with Gasteiger partial charge in [0, 0.05) is 26.2 Å². The fourth-order valence-corrected chi connectivity index (χ4v) is 1.65. The van der Waals surface area contributed by atoms with Crippen LogP contribution in [0.3, 0.4) is 0 Å². The van der Waals surface area contributed by atoms with Crippen molar-refractivity contribution in [2.45, 2.75) is 18.9 Å². The summed E-state index contributed by atoms with van der Waals surface area (Å²) in [6, 6.07) is 0. The van der Waals surface area contributed by atoms with E-state index >= 15 is 0 Å². The minimum Gasteiger partial charge on any atom is -0.390 e. The van der Waals surface area contributed by atoms with Gasteiger partial charge in [-0.2, -0.15) is 0 Å². The van der Waals surface area contributed by atoms with Crippen molar-refractivity contribution in [1.82, 2.24) is 10.0 Å². The maximum Gasteiger partial charge on any atom is 0.0822 e. The molecular formula is C7H14N2O. The molecule has 3 nitrogen and oxygen atoms in total. The van der Waals surface area contributed by atoms with Crippen molar-refractivity contribution < 1.29 is 5.11 Å². The standard InChI is InChI=1S/C7H14N2O/c10-7-5-9(6-7)8-3-1-2-4-8/h7,10H,1-6H2. The predicted molar refractivity (Wildman–Crippen MR) is 38.4 cm³/mol. The summed E-state index contributed by atoms with van der Waals surface area (Å²) < 4.78 is 0. The summed E-state index contributed by atoms with van der Waals surface area (Å²) >= 11 is 0. The van der Waals surface area contributed by atoms with E-state index < -0.39 is 0 Å². The molecular weight excluding hydrogens is 128 g/mol. The van der Waals surface area contributed by atoms with Gasteiger partial charge in [0.15, 0.2) is 0 Å². The van der Waals surface area contributed by atoms with E-state index in [1.54, 1.807) is 0 Å². The quantitative estimate of drug-likeness (QED) is 0.543. The van der Waals surface area contributed by atoms with Gasteiger partial charge in [-0.05, 0) is 12.8 Å². The van der Waals surface area contributed by atoms with Crippen LogP contribution in [0, 0.1) is 0 Å². The van der Waals surface area contributed by atoms with Gasteiger partial charge in [0.2, 0.25) is 0 Å². The molecule has 0 bridgehead atoms. The van der Waals surface area contributed by atoms with Crippen molar-refractivity contribution in [3.05, 3.63) is 0 Å². The highest BCUT2D eigenvalue weighted by atomic mass is 16.3. The molecule has 0 saturated carbocycles. The Kier molecular flexibility index (Phi) is 1.64. The van der Waals surface area contributed by atoms with E-state index in [4.69, 9.17) is 5.11 Å². The topological polar surface area (TPSA) is 26.7 Å². The highest BCUT2D eigenvalue weighted by molar-refractivity contribution is 4.79. The van der Waals surface area contributed by atoms with E-state index in [1.165, 1.54) is 25.9 Å². The fourth-order valence-electron chi connectivity index (χ4n) is 1.65. The van der Waals surface area contributed by atoms with Gasteiger partial charge in [-0.1, -0.05) is 0 Å². The molecule has 58 valence electrons. The molecule has 0 aromatic carbocycles. The van der Waals surface area contributed by atoms with Crippen LogP contribution in [0.4, 0.5) is 0 Å². The first-order valence-electron chi connectivity index (χ1n) is 4.04. The second kappa shape index (κ2) is 2.49. The minimum absolute atomic E-state index is 0.0550. The summed E-state index contributed by atoms with van der Waals surface area (Å²) in [7, 11) is 0. The molecule has 1 N–H and O–H groups in total. The Hall–Kier alpha value is -0.120. The number of nitrogens with zero attached hydrogens (tertiary/aromatic N) is 2. The molecule has 0 spiro atoms. The van der Waals surface area contributed by atoms with Crippen LogP contribution >= 0.6 is 0 Å². The van der Waals surface area contributed by atoms with Gasteiger partial charge in [-0.25, -0.2) is 10.0 Å². The lowest BCUT2D eigenvalue weighted by Crippen LogP contribution is -2.58. The fraction of sp³-hybridized carbons (Fsp3) is 1.00. The van der Waals surface area contributed by atoms with Crippen LogP contribution < -0.4 is 0 Å². The monoisotopic (exact) mass is 142 g/mol. The Morgan fingerprint density at radius 2 is 1.60 bits per heavy atom. The van der Waals surface area contributed by atoms with Gasteiger partial charge in [-0.15, -0.1) is 0 Å². The molecule has 0 aromatic rings. The third-order valence-corrected chi connectivity index (χ3v) is 2.33. The van der Waals surface area contributed by atoms with Crippen molar-refractivity contribution in [3.8, 4) is 0 Å². The lowest BCUT2D eigenvalue weighted by molar-refractivity contribution is -0.125. The average Bonchev–Trinajstić information content (AvgIpc) is 2.31. The van der Waals surface area contributed by atoms with Gasteiger partial charge in [0.25, 0.3) is 0 Å². The molecule has 2 rings (SSSR count). The molecule has 0 aliphatic carbocycles. The molecule has 0 amide bonds. The molecule has 0 aromatic heterocycles. The number of β-amino-alcohol motifs (C(OH)–C–C–N with tert-alkyl or cyclic N) is 1. The lowest BCUT2D eigenvalue weighted by atomic mass is 10.2. The van der Waals surface area contributed by atoms with Gasteiger partial charge >= 0.3 is 0 Å². The van der Waals surface area contributed by atoms with Crippen LogP contribution in [-0.2, 0) is 0 Å². The largest absolute Gasteiger partial charge is 0.390 e. The SMILES string of the molecule is OC1CN(N2CCCC2)C1. The second-order valence-corrected chi connectivity index (χ2v) is 3.19. The van der Waals surface area contributed by atoms with E-state index in [9.17, 15) is 0 Å². The Labute approximate surface area is 61.2 Å². The molecule has 0 unspecified atom stereocenters. The zero-order chi connectivity index (χ0) is 6.97. The summed E-state index contributed by atoms with van der Waals surface area (Å²) in [5.41, 5.74) is 0. The zero-order valence-corrected chi connectivity index (χ0v) is 6.16. The number of hydrazine groups is 1. The van der Waals surface area contributed by atoms with Crippen LogP contribution in [0.15, 0.2) is 0 Å². The van der Waals surface area contributed by atoms with Gasteiger partial charge in [-0.3, -0.25) is 0 Å². The lowest BCUT2D eigenvalue weighted by Gasteiger charge is -2.41. The van der Waals surface area contributed by atoms with E-state index in [1.807, 2.05) is 0 Å². The smallest absolute Gasteiger partial charge is 0.0822 e. The molecule has 2 heterocycles. The van der Waals surface area contributed by atoms with Gasteiger partial charge in [0.05, 0.1) is 6.10 Å². The number of hydrogen-bond acceptors (Lipinski definition) is 3. The molecule has 10 heavy (non-hydrogen) atoms. The molecule has 0 radical (unpaired) electrons. The van der Waals surface area contributed by atoms with Crippen LogP contribution in [0.1, 0.15) is 12.8 Å². The zero-order valence-electron chi connectivity index (χ0n) is 6.16. The Morgan fingerprint density at radius 1 is 1.00 bits per heavy atom. The van der Waals surface area contributed by atoms with Crippen LogP contribution in [0.2, 0.25) is 0 Å². The summed E-state index contributed by atoms with van der Waals surface area (Å²) in [6.45, 7) is 4.12. The molecule has 3 heteroatoms. The highest BCUT2D eigenvalue weighted by Crippen LogP contribution is 2.16. The molecule has 2 aliphatic heterocycles. The maximum atomic E-state index is 9.01.